The number of fused-ring (bicyclic) bond motifs is 8. The fourth-order valence-corrected chi connectivity index (χ4v) is 2.55. The van der Waals surface area contributed by atoms with E-state index in [9.17, 15) is 5.11 Å². The van der Waals surface area contributed by atoms with Crippen molar-refractivity contribution in [2.75, 3.05) is 11.9 Å². The summed E-state index contributed by atoms with van der Waals surface area (Å²) in [6, 6.07) is 0.00694. The molecule has 4 atom stereocenters. The highest BCUT2D eigenvalue weighted by Gasteiger charge is 2.57. The number of anilines is 1. The van der Waals surface area contributed by atoms with Crippen LogP contribution in [0, 0.1) is 0 Å². The Morgan fingerprint density at radius 1 is 1.67 bits per heavy atom. The van der Waals surface area contributed by atoms with Crippen LogP contribution in [0.1, 0.15) is 12.5 Å². The minimum absolute atomic E-state index is 0.00694. The monoisotopic (exact) mass is 210 g/mol. The van der Waals surface area contributed by atoms with E-state index in [0.717, 1.165) is 0 Å². The van der Waals surface area contributed by atoms with E-state index in [2.05, 4.69) is 15.4 Å². The molecular weight excluding hydrogens is 200 g/mol. The number of hydrogen-bond donors (Lipinski definition) is 2. The molecule has 0 unspecified atom stereocenters. The van der Waals surface area contributed by atoms with Gasteiger partial charge in [-0.3, -0.25) is 0 Å². The molecule has 80 valence electrons. The van der Waals surface area contributed by atoms with Crippen LogP contribution in [0.5, 0.6) is 0 Å². The smallest absolute Gasteiger partial charge is 0.223 e. The fourth-order valence-electron chi connectivity index (χ4n) is 2.55. The van der Waals surface area contributed by atoms with E-state index in [-0.39, 0.29) is 12.1 Å². The van der Waals surface area contributed by atoms with Gasteiger partial charge in [-0.15, -0.1) is 0 Å². The molecule has 2 N–H and O–H groups in total. The van der Waals surface area contributed by atoms with Gasteiger partial charge in [0.1, 0.15) is 12.4 Å². The minimum Gasteiger partial charge on any atom is -0.366 e. The lowest BCUT2D eigenvalue weighted by Gasteiger charge is -2.44. The number of ether oxygens (including phenoxy) is 2. The van der Waals surface area contributed by atoms with Crippen LogP contribution in [-0.2, 0) is 9.47 Å². The molecule has 3 aliphatic rings. The first-order valence-electron chi connectivity index (χ1n) is 4.93. The van der Waals surface area contributed by atoms with Gasteiger partial charge in [0, 0.05) is 6.42 Å². The second-order valence-corrected chi connectivity index (χ2v) is 4.19. The van der Waals surface area contributed by atoms with Crippen molar-refractivity contribution in [3.63, 3.8) is 0 Å². The Labute approximate surface area is 85.0 Å². The quantitative estimate of drug-likeness (QED) is 0.576. The first-order valence-corrected chi connectivity index (χ1v) is 4.93. The largest absolute Gasteiger partial charge is 0.366 e. The van der Waals surface area contributed by atoms with Gasteiger partial charge in [0.05, 0.1) is 12.6 Å². The molecule has 4 heterocycles. The highest BCUT2D eigenvalue weighted by molar-refractivity contribution is 5.33. The molecule has 7 heteroatoms. The van der Waals surface area contributed by atoms with Crippen molar-refractivity contribution in [3.8, 4) is 0 Å². The Morgan fingerprint density at radius 2 is 2.60 bits per heavy atom. The first kappa shape index (κ1) is 8.03. The van der Waals surface area contributed by atoms with E-state index in [1.807, 2.05) is 0 Å². The van der Waals surface area contributed by atoms with Crippen molar-refractivity contribution in [2.45, 2.75) is 30.6 Å². The molecule has 0 aliphatic carbocycles. The number of hydrogen-bond acceptors (Lipinski definition) is 6. The summed E-state index contributed by atoms with van der Waals surface area (Å²) in [6.45, 7) is 0.499. The average molecular weight is 210 g/mol. The van der Waals surface area contributed by atoms with E-state index in [0.29, 0.717) is 19.0 Å². The zero-order valence-corrected chi connectivity index (χ0v) is 7.83. The topological polar surface area (TPSA) is 81.4 Å². The number of nitrogens with zero attached hydrogens (tertiary/aromatic N) is 3. The molecule has 1 aromatic heterocycles. The van der Waals surface area contributed by atoms with Gasteiger partial charge in [0.2, 0.25) is 12.2 Å². The molecule has 3 aliphatic heterocycles. The van der Waals surface area contributed by atoms with E-state index < -0.39 is 12.0 Å². The van der Waals surface area contributed by atoms with Crippen LogP contribution >= 0.6 is 0 Å². The van der Waals surface area contributed by atoms with Crippen LogP contribution in [0.15, 0.2) is 6.33 Å². The van der Waals surface area contributed by atoms with E-state index in [1.165, 1.54) is 6.33 Å². The van der Waals surface area contributed by atoms with Gasteiger partial charge in [-0.2, -0.15) is 10.1 Å². The average Bonchev–Trinajstić information content (AvgIpc) is 2.80. The van der Waals surface area contributed by atoms with Gasteiger partial charge >= 0.3 is 0 Å². The van der Waals surface area contributed by atoms with Crippen molar-refractivity contribution in [3.05, 3.63) is 6.33 Å². The molecule has 0 spiro atoms. The number of aliphatic hydroxyl groups is 1. The number of nitrogens with one attached hydrogen (secondary N) is 1. The predicted octanol–water partition coefficient (Wildman–Crippen LogP) is -0.922. The van der Waals surface area contributed by atoms with Crippen LogP contribution in [-0.4, -0.2) is 44.6 Å². The molecule has 4 rings (SSSR count). The van der Waals surface area contributed by atoms with Gasteiger partial charge < -0.3 is 19.9 Å². The third kappa shape index (κ3) is 0.858. The molecule has 7 nitrogen and oxygen atoms in total. The van der Waals surface area contributed by atoms with Crippen LogP contribution in [0.4, 0.5) is 5.95 Å². The van der Waals surface area contributed by atoms with E-state index >= 15 is 0 Å². The van der Waals surface area contributed by atoms with Gasteiger partial charge in [0.15, 0.2) is 5.72 Å². The molecule has 0 radical (unpaired) electrons. The zero-order chi connectivity index (χ0) is 10.0. The Hall–Kier alpha value is -1.18. The Balaban J connectivity index is 1.89. The van der Waals surface area contributed by atoms with Gasteiger partial charge in [-0.1, -0.05) is 0 Å². The highest BCUT2D eigenvalue weighted by atomic mass is 16.7. The SMILES string of the molecule is O[C@@]12C[C@H]([C@H]3CO[C@H]1O3)n1ncnc1N2. The number of rotatable bonds is 0. The molecule has 2 saturated heterocycles. The summed E-state index contributed by atoms with van der Waals surface area (Å²) in [4.78, 5) is 4.05. The molecule has 1 aromatic rings. The molecule has 4 bridgehead atoms. The Bertz CT molecular complexity index is 422. The lowest BCUT2D eigenvalue weighted by Crippen LogP contribution is -2.58. The fraction of sp³-hybridized carbons (Fsp3) is 0.750. The van der Waals surface area contributed by atoms with Crippen LogP contribution in [0.25, 0.3) is 0 Å². The van der Waals surface area contributed by atoms with Crippen LogP contribution < -0.4 is 5.32 Å². The van der Waals surface area contributed by atoms with Crippen molar-refractivity contribution in [1.29, 1.82) is 0 Å². The summed E-state index contributed by atoms with van der Waals surface area (Å²) in [5, 5.41) is 17.3. The Morgan fingerprint density at radius 3 is 3.53 bits per heavy atom. The molecule has 2 fully saturated rings. The van der Waals surface area contributed by atoms with Gasteiger partial charge in [0.25, 0.3) is 0 Å². The number of aromatic nitrogens is 3. The van der Waals surface area contributed by atoms with Crippen molar-refractivity contribution in [2.24, 2.45) is 0 Å². The zero-order valence-electron chi connectivity index (χ0n) is 7.83. The summed E-state index contributed by atoms with van der Waals surface area (Å²) >= 11 is 0. The molecule has 0 saturated carbocycles. The Kier molecular flexibility index (Phi) is 1.24. The summed E-state index contributed by atoms with van der Waals surface area (Å²) in [5.74, 6) is 0.581. The van der Waals surface area contributed by atoms with E-state index in [4.69, 9.17) is 9.47 Å². The maximum atomic E-state index is 10.3. The van der Waals surface area contributed by atoms with Crippen molar-refractivity contribution < 1.29 is 14.6 Å². The molecule has 0 amide bonds. The molecule has 0 aromatic carbocycles. The van der Waals surface area contributed by atoms with Crippen molar-refractivity contribution >= 4 is 5.95 Å². The molecule has 15 heavy (non-hydrogen) atoms. The lowest BCUT2D eigenvalue weighted by molar-refractivity contribution is -0.215. The highest BCUT2D eigenvalue weighted by Crippen LogP contribution is 2.44. The second-order valence-electron chi connectivity index (χ2n) is 4.19. The van der Waals surface area contributed by atoms with Crippen LogP contribution in [0.2, 0.25) is 0 Å². The summed E-state index contributed by atoms with van der Waals surface area (Å²) < 4.78 is 12.7. The maximum Gasteiger partial charge on any atom is 0.223 e. The lowest BCUT2D eigenvalue weighted by atomic mass is 9.95. The van der Waals surface area contributed by atoms with E-state index in [1.54, 1.807) is 4.68 Å². The van der Waals surface area contributed by atoms with Gasteiger partial charge in [-0.05, 0) is 0 Å². The van der Waals surface area contributed by atoms with Crippen molar-refractivity contribution in [1.82, 2.24) is 14.8 Å². The van der Waals surface area contributed by atoms with Crippen LogP contribution in [0.3, 0.4) is 0 Å². The first-order chi connectivity index (χ1) is 7.26. The van der Waals surface area contributed by atoms with Gasteiger partial charge in [-0.25, -0.2) is 4.68 Å². The third-order valence-electron chi connectivity index (χ3n) is 3.27. The normalized spacial score (nSPS) is 46.1. The minimum atomic E-state index is -1.17. The summed E-state index contributed by atoms with van der Waals surface area (Å²) in [7, 11) is 0. The standard InChI is InChI=1S/C8H10N4O3/c13-8-1-4(5-2-14-6(8)15-5)12-7(11-8)9-3-10-12/h3-6,13H,1-2H2,(H,9,10,11)/t4-,5-,6+,8+/m1/s1. The summed E-state index contributed by atoms with van der Waals surface area (Å²) in [5.41, 5.74) is -1.17. The summed E-state index contributed by atoms with van der Waals surface area (Å²) in [6.07, 6.45) is 1.39. The third-order valence-corrected chi connectivity index (χ3v) is 3.27. The maximum absolute atomic E-state index is 10.3. The molecular formula is C8H10N4O3. The predicted molar refractivity (Wildman–Crippen MR) is 46.9 cm³/mol. The second kappa shape index (κ2) is 2.31.